The van der Waals surface area contributed by atoms with E-state index in [4.69, 9.17) is 0 Å². The molecule has 2 heterocycles. The largest absolute Gasteiger partial charge is 0.322 e. The minimum Gasteiger partial charge on any atom is -0.322 e. The summed E-state index contributed by atoms with van der Waals surface area (Å²) in [4.78, 5) is 11.9. The van der Waals surface area contributed by atoms with Crippen LogP contribution < -0.4 is 5.32 Å². The number of nitrogens with one attached hydrogen (secondary N) is 1. The predicted octanol–water partition coefficient (Wildman–Crippen LogP) is 2.21. The number of aryl methyl sites for hydroxylation is 1. The van der Waals surface area contributed by atoms with Crippen molar-refractivity contribution in [2.24, 2.45) is 0 Å². The van der Waals surface area contributed by atoms with Gasteiger partial charge in [0.1, 0.15) is 12.4 Å². The fourth-order valence-electron chi connectivity index (χ4n) is 2.24. The van der Waals surface area contributed by atoms with E-state index in [-0.39, 0.29) is 18.3 Å². The summed E-state index contributed by atoms with van der Waals surface area (Å²) >= 11 is 0. The molecule has 0 saturated carbocycles. The molecule has 1 aromatic carbocycles. The van der Waals surface area contributed by atoms with Crippen LogP contribution in [0.2, 0.25) is 0 Å². The first-order chi connectivity index (χ1) is 11.1. The Morgan fingerprint density at radius 2 is 2.17 bits per heavy atom. The molecule has 0 aliphatic heterocycles. The van der Waals surface area contributed by atoms with Gasteiger partial charge >= 0.3 is 0 Å². The zero-order valence-corrected chi connectivity index (χ0v) is 12.6. The van der Waals surface area contributed by atoms with Gasteiger partial charge in [-0.05, 0) is 30.7 Å². The number of halogens is 1. The third-order valence-electron chi connectivity index (χ3n) is 3.23. The van der Waals surface area contributed by atoms with Crippen molar-refractivity contribution in [3.8, 4) is 0 Å². The zero-order valence-electron chi connectivity index (χ0n) is 12.6. The highest BCUT2D eigenvalue weighted by Gasteiger charge is 2.07. The molecule has 0 spiro atoms. The van der Waals surface area contributed by atoms with Crippen molar-refractivity contribution in [2.75, 3.05) is 5.32 Å². The average Bonchev–Trinajstić information content (AvgIpc) is 3.08. The highest BCUT2D eigenvalue weighted by Crippen LogP contribution is 2.09. The van der Waals surface area contributed by atoms with Gasteiger partial charge in [0.25, 0.3) is 0 Å². The van der Waals surface area contributed by atoms with Crippen LogP contribution in [-0.4, -0.2) is 25.5 Å². The summed E-state index contributed by atoms with van der Waals surface area (Å²) in [6.07, 6.45) is 5.02. The molecule has 23 heavy (non-hydrogen) atoms. The lowest BCUT2D eigenvalue weighted by molar-refractivity contribution is -0.116. The van der Waals surface area contributed by atoms with Crippen LogP contribution >= 0.6 is 0 Å². The number of nitrogens with zero attached hydrogens (tertiary/aromatic N) is 4. The van der Waals surface area contributed by atoms with Crippen molar-refractivity contribution < 1.29 is 9.18 Å². The number of carbonyl (C=O) groups is 1. The lowest BCUT2D eigenvalue weighted by Gasteiger charge is -2.03. The Labute approximate surface area is 132 Å². The number of hydrogen-bond donors (Lipinski definition) is 1. The van der Waals surface area contributed by atoms with Gasteiger partial charge in [0.2, 0.25) is 5.91 Å². The number of rotatable bonds is 5. The number of hydrogen-bond acceptors (Lipinski definition) is 3. The fourth-order valence-corrected chi connectivity index (χ4v) is 2.24. The molecular formula is C16H16FN5O. The van der Waals surface area contributed by atoms with Crippen molar-refractivity contribution in [3.63, 3.8) is 0 Å². The summed E-state index contributed by atoms with van der Waals surface area (Å²) in [5, 5.41) is 11.1. The van der Waals surface area contributed by atoms with E-state index in [1.54, 1.807) is 34.0 Å². The van der Waals surface area contributed by atoms with Gasteiger partial charge in [-0.3, -0.25) is 14.2 Å². The van der Waals surface area contributed by atoms with Gasteiger partial charge in [0.15, 0.2) is 0 Å². The first-order valence-corrected chi connectivity index (χ1v) is 7.15. The van der Waals surface area contributed by atoms with Crippen molar-refractivity contribution in [2.45, 2.75) is 20.0 Å². The van der Waals surface area contributed by atoms with E-state index in [1.807, 2.05) is 19.1 Å². The number of aromatic nitrogens is 4. The van der Waals surface area contributed by atoms with E-state index in [0.717, 1.165) is 11.3 Å². The molecule has 1 amide bonds. The van der Waals surface area contributed by atoms with Crippen LogP contribution in [0.4, 0.5) is 10.1 Å². The van der Waals surface area contributed by atoms with Gasteiger partial charge in [0.05, 0.1) is 24.1 Å². The molecule has 0 fully saturated rings. The van der Waals surface area contributed by atoms with E-state index in [0.29, 0.717) is 12.2 Å². The fraction of sp³-hybridized carbons (Fsp3) is 0.188. The highest BCUT2D eigenvalue weighted by atomic mass is 19.1. The molecule has 0 saturated heterocycles. The number of benzene rings is 1. The lowest BCUT2D eigenvalue weighted by Crippen LogP contribution is -2.18. The standard InChI is InChI=1S/C16H16FN5O/c1-12-5-6-21(20-12)11-16(23)19-15-8-18-22(10-15)9-13-3-2-4-14(17)7-13/h2-8,10H,9,11H2,1H3,(H,19,23). The SMILES string of the molecule is Cc1ccn(CC(=O)Nc2cnn(Cc3cccc(F)c3)c2)n1. The monoisotopic (exact) mass is 313 g/mol. The topological polar surface area (TPSA) is 64.7 Å². The molecule has 118 valence electrons. The summed E-state index contributed by atoms with van der Waals surface area (Å²) in [7, 11) is 0. The van der Waals surface area contributed by atoms with Gasteiger partial charge in [-0.25, -0.2) is 4.39 Å². The van der Waals surface area contributed by atoms with Crippen molar-refractivity contribution in [3.05, 3.63) is 66.0 Å². The van der Waals surface area contributed by atoms with E-state index < -0.39 is 0 Å². The molecule has 0 aliphatic rings. The number of anilines is 1. The smallest absolute Gasteiger partial charge is 0.246 e. The molecule has 3 aromatic rings. The van der Waals surface area contributed by atoms with Crippen LogP contribution in [0.1, 0.15) is 11.3 Å². The minimum atomic E-state index is -0.280. The van der Waals surface area contributed by atoms with Crippen molar-refractivity contribution in [1.29, 1.82) is 0 Å². The molecule has 7 heteroatoms. The van der Waals surface area contributed by atoms with Gasteiger partial charge in [-0.2, -0.15) is 10.2 Å². The van der Waals surface area contributed by atoms with Crippen molar-refractivity contribution >= 4 is 11.6 Å². The second-order valence-electron chi connectivity index (χ2n) is 5.26. The molecule has 6 nitrogen and oxygen atoms in total. The molecule has 1 N–H and O–H groups in total. The maximum absolute atomic E-state index is 13.2. The summed E-state index contributed by atoms with van der Waals surface area (Å²) in [5.41, 5.74) is 2.26. The molecular weight excluding hydrogens is 297 g/mol. The third kappa shape index (κ3) is 4.03. The van der Waals surface area contributed by atoms with Crippen LogP contribution in [0.25, 0.3) is 0 Å². The van der Waals surface area contributed by atoms with E-state index in [9.17, 15) is 9.18 Å². The quantitative estimate of drug-likeness (QED) is 0.785. The minimum absolute atomic E-state index is 0.142. The number of carbonyl (C=O) groups excluding carboxylic acids is 1. The Kier molecular flexibility index (Phi) is 4.18. The van der Waals surface area contributed by atoms with Crippen molar-refractivity contribution in [1.82, 2.24) is 19.6 Å². The average molecular weight is 313 g/mol. The molecule has 0 atom stereocenters. The predicted molar refractivity (Wildman–Crippen MR) is 83.3 cm³/mol. The Morgan fingerprint density at radius 1 is 1.30 bits per heavy atom. The van der Waals surface area contributed by atoms with Gasteiger partial charge in [-0.15, -0.1) is 0 Å². The summed E-state index contributed by atoms with van der Waals surface area (Å²) in [6, 6.07) is 8.17. The highest BCUT2D eigenvalue weighted by molar-refractivity contribution is 5.90. The Morgan fingerprint density at radius 3 is 2.91 bits per heavy atom. The van der Waals surface area contributed by atoms with Crippen LogP contribution in [0.5, 0.6) is 0 Å². The normalized spacial score (nSPS) is 10.7. The molecule has 0 unspecified atom stereocenters. The molecule has 3 rings (SSSR count). The lowest BCUT2D eigenvalue weighted by atomic mass is 10.2. The Hall–Kier alpha value is -2.96. The van der Waals surface area contributed by atoms with E-state index in [1.165, 1.54) is 12.1 Å². The second-order valence-corrected chi connectivity index (χ2v) is 5.26. The summed E-state index contributed by atoms with van der Waals surface area (Å²) in [6.45, 7) is 2.44. The molecule has 0 radical (unpaired) electrons. The first kappa shape index (κ1) is 15.0. The van der Waals surface area contributed by atoms with Gasteiger partial charge < -0.3 is 5.32 Å². The van der Waals surface area contributed by atoms with Crippen LogP contribution in [0.15, 0.2) is 48.9 Å². The zero-order chi connectivity index (χ0) is 16.2. The van der Waals surface area contributed by atoms with Crippen LogP contribution in [0, 0.1) is 12.7 Å². The Balaban J connectivity index is 1.59. The van der Waals surface area contributed by atoms with Gasteiger partial charge in [0, 0.05) is 12.4 Å². The molecule has 2 aromatic heterocycles. The maximum Gasteiger partial charge on any atom is 0.246 e. The van der Waals surface area contributed by atoms with E-state index in [2.05, 4.69) is 15.5 Å². The first-order valence-electron chi connectivity index (χ1n) is 7.15. The third-order valence-corrected chi connectivity index (χ3v) is 3.23. The number of amides is 1. The maximum atomic E-state index is 13.2. The molecule has 0 bridgehead atoms. The van der Waals surface area contributed by atoms with E-state index >= 15 is 0 Å². The Bertz CT molecular complexity index is 823. The van der Waals surface area contributed by atoms with Crippen LogP contribution in [-0.2, 0) is 17.9 Å². The van der Waals surface area contributed by atoms with Gasteiger partial charge in [-0.1, -0.05) is 12.1 Å². The summed E-state index contributed by atoms with van der Waals surface area (Å²) in [5.74, 6) is -0.462. The van der Waals surface area contributed by atoms with Crippen LogP contribution in [0.3, 0.4) is 0 Å². The summed E-state index contributed by atoms with van der Waals surface area (Å²) < 4.78 is 16.4. The second kappa shape index (κ2) is 6.43. The molecule has 0 aliphatic carbocycles.